The zero-order chi connectivity index (χ0) is 34.8. The second kappa shape index (κ2) is 16.4. The molecule has 1 aromatic heterocycles. The molecule has 0 fully saturated rings. The average molecular weight is 701 g/mol. The molecule has 5 rings (SSSR count). The molecule has 0 saturated carbocycles. The molecule has 0 spiro atoms. The Morgan fingerprint density at radius 1 is 0.939 bits per heavy atom. The van der Waals surface area contributed by atoms with Crippen LogP contribution in [0.3, 0.4) is 0 Å². The molecule has 2 N–H and O–H groups in total. The van der Waals surface area contributed by atoms with Gasteiger partial charge in [-0.15, -0.1) is 0 Å². The lowest BCUT2D eigenvalue weighted by atomic mass is 9.94. The molecule has 12 heteroatoms. The molecule has 4 aromatic carbocycles. The number of amides is 2. The molecule has 0 aliphatic heterocycles. The quantitative estimate of drug-likeness (QED) is 0.127. The third-order valence-electron chi connectivity index (χ3n) is 7.60. The molecule has 2 amide bonds. The van der Waals surface area contributed by atoms with E-state index in [0.717, 1.165) is 11.1 Å². The number of hydrogen-bond acceptors (Lipinski definition) is 6. The van der Waals surface area contributed by atoms with Crippen molar-refractivity contribution in [2.75, 3.05) is 12.0 Å². The number of aromatic nitrogens is 2. The minimum Gasteiger partial charge on any atom is -0.340 e. The largest absolute Gasteiger partial charge is 0.340 e. The number of carbonyl (C=O) groups excluding carboxylic acids is 2. The van der Waals surface area contributed by atoms with Gasteiger partial charge in [-0.1, -0.05) is 60.7 Å². The molecule has 0 saturated heterocycles. The van der Waals surface area contributed by atoms with Crippen molar-refractivity contribution < 1.29 is 26.8 Å². The number of carbonyl (C=O) groups is 2. The monoisotopic (exact) mass is 700 g/mol. The summed E-state index contributed by atoms with van der Waals surface area (Å²) in [5, 5.41) is 2.73. The molecule has 5 aromatic rings. The number of allylic oxidation sites excluding steroid dienone is 1. The molecular weight excluding hydrogens is 667 g/mol. The van der Waals surface area contributed by atoms with Gasteiger partial charge in [-0.3, -0.25) is 14.3 Å². The van der Waals surface area contributed by atoms with Gasteiger partial charge in [0.25, 0.3) is 11.8 Å². The lowest BCUT2D eigenvalue weighted by molar-refractivity contribution is -0.121. The van der Waals surface area contributed by atoms with Crippen LogP contribution in [0.5, 0.6) is 0 Å². The van der Waals surface area contributed by atoms with Crippen LogP contribution in [0.4, 0.5) is 8.78 Å². The van der Waals surface area contributed by atoms with Crippen LogP contribution >= 0.6 is 11.8 Å². The van der Waals surface area contributed by atoms with E-state index in [-0.39, 0.29) is 17.8 Å². The summed E-state index contributed by atoms with van der Waals surface area (Å²) in [6, 6.07) is 24.2. The summed E-state index contributed by atoms with van der Waals surface area (Å²) in [6.45, 7) is 0.430. The van der Waals surface area contributed by atoms with Crippen molar-refractivity contribution in [3.05, 3.63) is 150 Å². The standard InChI is InChI=1S/C37H34F2N4O4S2/c1-48-20-17-35(37(45)42-49(46,47)24-26-5-3-2-4-6-26)41-36(44)33-16-7-27(22-34(33)29-10-14-32(39)15-11-29)21-30(23-43-19-18-40-25-43)28-8-12-31(38)13-9-28/h2-16,18-19,21-22,25,35H,17,20,23-24H2,1H3,(H,41,44)(H,42,45)/b30-21-/t35-/m0/s1. The maximum atomic E-state index is 13.9. The summed E-state index contributed by atoms with van der Waals surface area (Å²) in [4.78, 5) is 31.3. The van der Waals surface area contributed by atoms with Gasteiger partial charge < -0.3 is 9.88 Å². The molecule has 8 nitrogen and oxygen atoms in total. The third kappa shape index (κ3) is 9.97. The van der Waals surface area contributed by atoms with Gasteiger partial charge in [0, 0.05) is 24.5 Å². The zero-order valence-electron chi connectivity index (χ0n) is 26.6. The van der Waals surface area contributed by atoms with E-state index >= 15 is 0 Å². The first kappa shape index (κ1) is 35.2. The van der Waals surface area contributed by atoms with E-state index in [9.17, 15) is 26.8 Å². The van der Waals surface area contributed by atoms with Crippen LogP contribution in [0.25, 0.3) is 22.8 Å². The topological polar surface area (TPSA) is 110 Å². The van der Waals surface area contributed by atoms with Crippen molar-refractivity contribution in [3.8, 4) is 11.1 Å². The van der Waals surface area contributed by atoms with E-state index in [0.29, 0.717) is 34.6 Å². The number of nitrogens with one attached hydrogen (secondary N) is 2. The molecule has 49 heavy (non-hydrogen) atoms. The van der Waals surface area contributed by atoms with Crippen molar-refractivity contribution in [1.29, 1.82) is 0 Å². The van der Waals surface area contributed by atoms with Gasteiger partial charge in [-0.05, 0) is 94.3 Å². The first-order valence-electron chi connectivity index (χ1n) is 15.3. The molecule has 0 aliphatic carbocycles. The van der Waals surface area contributed by atoms with E-state index in [4.69, 9.17) is 0 Å². The van der Waals surface area contributed by atoms with Crippen LogP contribution in [0.2, 0.25) is 0 Å². The Morgan fingerprint density at radius 3 is 2.29 bits per heavy atom. The number of thioether (sulfide) groups is 1. The van der Waals surface area contributed by atoms with Crippen molar-refractivity contribution in [2.24, 2.45) is 0 Å². The molecule has 0 bridgehead atoms. The Kier molecular flexibility index (Phi) is 11.8. The summed E-state index contributed by atoms with van der Waals surface area (Å²) in [7, 11) is -4.05. The number of sulfonamides is 1. The molecular formula is C37H34F2N4O4S2. The van der Waals surface area contributed by atoms with E-state index in [2.05, 4.69) is 15.0 Å². The second-order valence-corrected chi connectivity index (χ2v) is 13.9. The number of rotatable bonds is 14. The van der Waals surface area contributed by atoms with Crippen LogP contribution in [0.15, 0.2) is 116 Å². The Hall–Kier alpha value is -5.07. The lowest BCUT2D eigenvalue weighted by Gasteiger charge is -2.20. The highest BCUT2D eigenvalue weighted by Gasteiger charge is 2.26. The Morgan fingerprint density at radius 2 is 1.63 bits per heavy atom. The average Bonchev–Trinajstić information content (AvgIpc) is 3.60. The lowest BCUT2D eigenvalue weighted by Crippen LogP contribution is -2.49. The van der Waals surface area contributed by atoms with Crippen LogP contribution in [-0.4, -0.2) is 47.8 Å². The minimum absolute atomic E-state index is 0.182. The highest BCUT2D eigenvalue weighted by Crippen LogP contribution is 2.29. The van der Waals surface area contributed by atoms with Gasteiger partial charge in [0.1, 0.15) is 17.7 Å². The number of nitrogens with zero attached hydrogens (tertiary/aromatic N) is 2. The van der Waals surface area contributed by atoms with Gasteiger partial charge in [0.05, 0.1) is 12.1 Å². The fourth-order valence-corrected chi connectivity index (χ4v) is 6.80. The van der Waals surface area contributed by atoms with Gasteiger partial charge in [-0.2, -0.15) is 11.8 Å². The fourth-order valence-electron chi connectivity index (χ4n) is 5.17. The Bertz CT molecular complexity index is 2020. The molecule has 0 radical (unpaired) electrons. The normalized spacial score (nSPS) is 12.3. The first-order valence-corrected chi connectivity index (χ1v) is 18.3. The maximum Gasteiger partial charge on any atom is 0.256 e. The van der Waals surface area contributed by atoms with Crippen molar-refractivity contribution in [3.63, 3.8) is 0 Å². The number of imidazole rings is 1. The SMILES string of the molecule is CSCC[C@H](NC(=O)c1ccc(/C=C(/Cn2ccnc2)c2ccc(F)cc2)cc1-c1ccc(F)cc1)C(=O)NS(=O)(=O)Cc1ccccc1. The van der Waals surface area contributed by atoms with Gasteiger partial charge in [0.2, 0.25) is 10.0 Å². The number of halogens is 2. The first-order chi connectivity index (χ1) is 23.6. The zero-order valence-corrected chi connectivity index (χ0v) is 28.2. The highest BCUT2D eigenvalue weighted by molar-refractivity contribution is 7.98. The molecule has 252 valence electrons. The molecule has 1 heterocycles. The van der Waals surface area contributed by atoms with Gasteiger partial charge in [0.15, 0.2) is 0 Å². The smallest absolute Gasteiger partial charge is 0.256 e. The third-order valence-corrected chi connectivity index (χ3v) is 9.47. The predicted octanol–water partition coefficient (Wildman–Crippen LogP) is 6.57. The van der Waals surface area contributed by atoms with E-state index in [1.807, 2.05) is 23.1 Å². The van der Waals surface area contributed by atoms with E-state index in [1.54, 1.807) is 85.3 Å². The Labute approximate surface area is 288 Å². The summed E-state index contributed by atoms with van der Waals surface area (Å²) >= 11 is 1.45. The predicted molar refractivity (Wildman–Crippen MR) is 190 cm³/mol. The number of benzene rings is 4. The van der Waals surface area contributed by atoms with Crippen LogP contribution < -0.4 is 10.0 Å². The molecule has 0 aliphatic rings. The maximum absolute atomic E-state index is 13.9. The minimum atomic E-state index is -4.05. The molecule has 0 unspecified atom stereocenters. The second-order valence-electron chi connectivity index (χ2n) is 11.2. The Balaban J connectivity index is 1.47. The van der Waals surface area contributed by atoms with Crippen LogP contribution in [-0.2, 0) is 27.1 Å². The molecule has 1 atom stereocenters. The summed E-state index contributed by atoms with van der Waals surface area (Å²) in [6.07, 6.45) is 9.08. The summed E-state index contributed by atoms with van der Waals surface area (Å²) in [5.41, 5.74) is 4.06. The van der Waals surface area contributed by atoms with Crippen molar-refractivity contribution in [1.82, 2.24) is 19.6 Å². The van der Waals surface area contributed by atoms with E-state index in [1.165, 1.54) is 36.0 Å². The number of hydrogen-bond donors (Lipinski definition) is 2. The van der Waals surface area contributed by atoms with Crippen molar-refractivity contribution >= 4 is 45.2 Å². The van der Waals surface area contributed by atoms with E-state index < -0.39 is 39.4 Å². The summed E-state index contributed by atoms with van der Waals surface area (Å²) < 4.78 is 57.4. The van der Waals surface area contributed by atoms with Crippen LogP contribution in [0.1, 0.15) is 33.5 Å². The van der Waals surface area contributed by atoms with Crippen LogP contribution in [0, 0.1) is 11.6 Å². The fraction of sp³-hybridized carbons (Fsp3) is 0.162. The van der Waals surface area contributed by atoms with Gasteiger partial charge in [-0.25, -0.2) is 22.2 Å². The van der Waals surface area contributed by atoms with Gasteiger partial charge >= 0.3 is 0 Å². The highest BCUT2D eigenvalue weighted by atomic mass is 32.2. The van der Waals surface area contributed by atoms with Crippen molar-refractivity contribution in [2.45, 2.75) is 24.8 Å². The summed E-state index contributed by atoms with van der Waals surface area (Å²) in [5.74, 6) is -2.17.